The minimum Gasteiger partial charge on any atom is -0.490 e. The maximum atomic E-state index is 13.9. The Morgan fingerprint density at radius 3 is 2.76 bits per heavy atom. The van der Waals surface area contributed by atoms with Crippen LogP contribution in [0.3, 0.4) is 0 Å². The van der Waals surface area contributed by atoms with E-state index >= 15 is 0 Å². The van der Waals surface area contributed by atoms with Crippen LogP contribution in [-0.2, 0) is 10.0 Å². The molecule has 0 unspecified atom stereocenters. The molecule has 1 N–H and O–H groups in total. The summed E-state index contributed by atoms with van der Waals surface area (Å²) < 4.78 is 47.4. The van der Waals surface area contributed by atoms with Crippen LogP contribution in [0, 0.1) is 11.7 Å². The molecule has 1 aromatic rings. The van der Waals surface area contributed by atoms with E-state index in [0.717, 1.165) is 51.0 Å². The maximum Gasteiger partial charge on any atom is 0.241 e. The summed E-state index contributed by atoms with van der Waals surface area (Å²) in [7, 11) is -3.71. The van der Waals surface area contributed by atoms with E-state index in [1.165, 1.54) is 12.1 Å². The summed E-state index contributed by atoms with van der Waals surface area (Å²) in [5.74, 6) is -0.0425. The molecule has 3 rings (SSSR count). The first kappa shape index (κ1) is 18.4. The Kier molecular flexibility index (Phi) is 5.49. The van der Waals surface area contributed by atoms with Gasteiger partial charge in [0.25, 0.3) is 0 Å². The lowest BCUT2D eigenvalue weighted by Gasteiger charge is -2.15. The van der Waals surface area contributed by atoms with Crippen LogP contribution in [0.5, 0.6) is 5.75 Å². The molecule has 0 bridgehead atoms. The van der Waals surface area contributed by atoms with Crippen LogP contribution in [0.25, 0.3) is 0 Å². The van der Waals surface area contributed by atoms with E-state index in [-0.39, 0.29) is 10.6 Å². The van der Waals surface area contributed by atoms with Gasteiger partial charge < -0.3 is 4.74 Å². The third-order valence-electron chi connectivity index (χ3n) is 4.67. The van der Waals surface area contributed by atoms with Crippen molar-refractivity contribution in [2.75, 3.05) is 6.61 Å². The van der Waals surface area contributed by atoms with Crippen molar-refractivity contribution in [2.45, 2.75) is 62.3 Å². The lowest BCUT2D eigenvalue weighted by Crippen LogP contribution is -2.35. The van der Waals surface area contributed by atoms with Gasteiger partial charge in [-0.2, -0.15) is 0 Å². The van der Waals surface area contributed by atoms with Crippen molar-refractivity contribution in [2.24, 2.45) is 5.92 Å². The summed E-state index contributed by atoms with van der Waals surface area (Å²) in [6.07, 6.45) is 10.9. The van der Waals surface area contributed by atoms with Gasteiger partial charge in [0, 0.05) is 6.07 Å². The van der Waals surface area contributed by atoms with E-state index in [9.17, 15) is 12.8 Å². The van der Waals surface area contributed by atoms with E-state index < -0.39 is 21.4 Å². The first-order valence-corrected chi connectivity index (χ1v) is 10.6. The number of benzene rings is 1. The second-order valence-corrected chi connectivity index (χ2v) is 8.84. The van der Waals surface area contributed by atoms with E-state index in [0.29, 0.717) is 12.5 Å². The molecule has 2 fully saturated rings. The van der Waals surface area contributed by atoms with Gasteiger partial charge in [-0.15, -0.1) is 0 Å². The van der Waals surface area contributed by atoms with Crippen molar-refractivity contribution in [3.8, 4) is 5.75 Å². The predicted octanol–water partition coefficient (Wildman–Crippen LogP) is 4.17. The third kappa shape index (κ3) is 5.05. The Bertz CT molecular complexity index is 737. The van der Waals surface area contributed by atoms with E-state index in [1.54, 1.807) is 0 Å². The molecule has 0 aliphatic heterocycles. The second kappa shape index (κ2) is 7.46. The van der Waals surface area contributed by atoms with Crippen molar-refractivity contribution in [3.05, 3.63) is 36.2 Å². The lowest BCUT2D eigenvalue weighted by atomic mass is 10.2. The highest BCUT2D eigenvalue weighted by molar-refractivity contribution is 7.89. The zero-order valence-corrected chi connectivity index (χ0v) is 15.4. The van der Waals surface area contributed by atoms with Crippen molar-refractivity contribution in [3.63, 3.8) is 0 Å². The molecular weight excluding hydrogens is 341 g/mol. The molecular formula is C19H26FNO3S. The average molecular weight is 367 g/mol. The summed E-state index contributed by atoms with van der Waals surface area (Å²) in [6, 6.07) is 3.74. The summed E-state index contributed by atoms with van der Waals surface area (Å²) in [5, 5.41) is 0. The smallest absolute Gasteiger partial charge is 0.241 e. The Balaban J connectivity index is 1.69. The number of hydrogen-bond donors (Lipinski definition) is 1. The van der Waals surface area contributed by atoms with Crippen LogP contribution < -0.4 is 9.46 Å². The first-order chi connectivity index (χ1) is 11.9. The average Bonchev–Trinajstić information content (AvgIpc) is 3.48. The molecule has 6 heteroatoms. The highest BCUT2D eigenvalue weighted by Crippen LogP contribution is 2.39. The summed E-state index contributed by atoms with van der Waals surface area (Å²) in [6.45, 7) is 2.57. The zero-order valence-electron chi connectivity index (χ0n) is 14.6. The monoisotopic (exact) mass is 367 g/mol. The summed E-state index contributed by atoms with van der Waals surface area (Å²) in [5.41, 5.74) is -0.476. The molecule has 2 aliphatic carbocycles. The quantitative estimate of drug-likeness (QED) is 0.499. The van der Waals surface area contributed by atoms with Crippen molar-refractivity contribution in [1.82, 2.24) is 4.72 Å². The van der Waals surface area contributed by atoms with Gasteiger partial charge in [0.15, 0.2) is 11.6 Å². The van der Waals surface area contributed by atoms with Gasteiger partial charge in [-0.25, -0.2) is 17.5 Å². The largest absolute Gasteiger partial charge is 0.490 e. The Hall–Kier alpha value is -1.40. The van der Waals surface area contributed by atoms with Crippen molar-refractivity contribution < 1.29 is 17.5 Å². The number of halogens is 1. The summed E-state index contributed by atoms with van der Waals surface area (Å²) >= 11 is 0. The minimum absolute atomic E-state index is 0.0121. The van der Waals surface area contributed by atoms with E-state index in [2.05, 4.69) is 11.6 Å². The first-order valence-electron chi connectivity index (χ1n) is 9.08. The molecule has 0 aromatic heterocycles. The van der Waals surface area contributed by atoms with Gasteiger partial charge in [0.1, 0.15) is 0 Å². The molecule has 138 valence electrons. The molecule has 0 radical (unpaired) electrons. The van der Waals surface area contributed by atoms with Crippen LogP contribution in [-0.4, -0.2) is 20.6 Å². The number of sulfonamides is 1. The fourth-order valence-corrected chi connectivity index (χ4v) is 4.08. The SMILES string of the molecule is CCCC/C=C/C1(NS(=O)(=O)c2ccc(F)c(OCC3CC3)c2)CC1. The van der Waals surface area contributed by atoms with Crippen LogP contribution in [0.4, 0.5) is 4.39 Å². The Labute approximate surface area is 149 Å². The molecule has 0 atom stereocenters. The molecule has 2 saturated carbocycles. The van der Waals surface area contributed by atoms with Crippen LogP contribution in [0.1, 0.15) is 51.9 Å². The predicted molar refractivity (Wildman–Crippen MR) is 95.6 cm³/mol. The molecule has 4 nitrogen and oxygen atoms in total. The highest BCUT2D eigenvalue weighted by atomic mass is 32.2. The molecule has 2 aliphatic rings. The van der Waals surface area contributed by atoms with E-state index in [1.807, 2.05) is 12.2 Å². The summed E-state index contributed by atoms with van der Waals surface area (Å²) in [4.78, 5) is 0.0490. The van der Waals surface area contributed by atoms with Crippen LogP contribution in [0.15, 0.2) is 35.2 Å². The van der Waals surface area contributed by atoms with Gasteiger partial charge >= 0.3 is 0 Å². The molecule has 25 heavy (non-hydrogen) atoms. The van der Waals surface area contributed by atoms with Crippen molar-refractivity contribution in [1.29, 1.82) is 0 Å². The van der Waals surface area contributed by atoms with Gasteiger partial charge in [-0.3, -0.25) is 0 Å². The number of allylic oxidation sites excluding steroid dienone is 1. The van der Waals surface area contributed by atoms with Gasteiger partial charge in [-0.05, 0) is 50.2 Å². The van der Waals surface area contributed by atoms with Crippen LogP contribution >= 0.6 is 0 Å². The number of hydrogen-bond acceptors (Lipinski definition) is 3. The standard InChI is InChI=1S/C19H26FNO3S/c1-2-3-4-5-10-19(11-12-19)21-25(22,23)16-8-9-17(20)18(13-16)24-14-15-6-7-15/h5,8-10,13,15,21H,2-4,6-7,11-12,14H2,1H3/b10-5+. The molecule has 0 amide bonds. The Morgan fingerprint density at radius 2 is 2.12 bits per heavy atom. The fourth-order valence-electron chi connectivity index (χ4n) is 2.65. The van der Waals surface area contributed by atoms with Crippen LogP contribution in [0.2, 0.25) is 0 Å². The van der Waals surface area contributed by atoms with Gasteiger partial charge in [0.05, 0.1) is 17.0 Å². The number of unbranched alkanes of at least 4 members (excludes halogenated alkanes) is 2. The lowest BCUT2D eigenvalue weighted by molar-refractivity contribution is 0.284. The molecule has 1 aromatic carbocycles. The van der Waals surface area contributed by atoms with E-state index in [4.69, 9.17) is 4.74 Å². The fraction of sp³-hybridized carbons (Fsp3) is 0.579. The molecule has 0 heterocycles. The number of nitrogens with one attached hydrogen (secondary N) is 1. The zero-order chi connectivity index (χ0) is 17.9. The van der Waals surface area contributed by atoms with Gasteiger partial charge in [-0.1, -0.05) is 31.9 Å². The number of ether oxygens (including phenoxy) is 1. The minimum atomic E-state index is -3.71. The Morgan fingerprint density at radius 1 is 1.36 bits per heavy atom. The highest BCUT2D eigenvalue weighted by Gasteiger charge is 2.43. The van der Waals surface area contributed by atoms with Crippen molar-refractivity contribution >= 4 is 10.0 Å². The molecule has 0 saturated heterocycles. The maximum absolute atomic E-state index is 13.9. The molecule has 0 spiro atoms. The number of rotatable bonds is 10. The second-order valence-electron chi connectivity index (χ2n) is 7.15. The van der Waals surface area contributed by atoms with Gasteiger partial charge in [0.2, 0.25) is 10.0 Å². The third-order valence-corrected chi connectivity index (χ3v) is 6.22. The normalized spacial score (nSPS) is 19.3. The topological polar surface area (TPSA) is 55.4 Å².